The SMILES string of the molecule is CC(C)CC(C#N)Nc1ccc(N(C)C)cc1. The number of benzene rings is 1. The van der Waals surface area contributed by atoms with Gasteiger partial charge in [0.25, 0.3) is 0 Å². The van der Waals surface area contributed by atoms with Gasteiger partial charge >= 0.3 is 0 Å². The second kappa shape index (κ2) is 6.15. The Bertz CT molecular complexity index is 373. The van der Waals surface area contributed by atoms with E-state index in [9.17, 15) is 0 Å². The van der Waals surface area contributed by atoms with Crippen LogP contribution < -0.4 is 10.2 Å². The molecule has 0 saturated heterocycles. The summed E-state index contributed by atoms with van der Waals surface area (Å²) in [5, 5.41) is 12.3. The first-order chi connectivity index (χ1) is 8.02. The Morgan fingerprint density at radius 2 is 1.82 bits per heavy atom. The molecule has 0 heterocycles. The van der Waals surface area contributed by atoms with Crippen molar-refractivity contribution in [3.63, 3.8) is 0 Å². The van der Waals surface area contributed by atoms with Crippen LogP contribution in [0.3, 0.4) is 0 Å². The molecular formula is C14H21N3. The zero-order valence-electron chi connectivity index (χ0n) is 11.1. The normalized spacial score (nSPS) is 12.0. The highest BCUT2D eigenvalue weighted by Crippen LogP contribution is 2.17. The van der Waals surface area contributed by atoms with E-state index in [2.05, 4.69) is 30.1 Å². The van der Waals surface area contributed by atoms with Crippen LogP contribution in [0.2, 0.25) is 0 Å². The summed E-state index contributed by atoms with van der Waals surface area (Å²) in [5.74, 6) is 0.521. The lowest BCUT2D eigenvalue weighted by atomic mass is 10.0. The molecule has 1 atom stereocenters. The Morgan fingerprint density at radius 3 is 2.24 bits per heavy atom. The lowest BCUT2D eigenvalue weighted by molar-refractivity contribution is 0.568. The number of nitriles is 1. The van der Waals surface area contributed by atoms with Crippen molar-refractivity contribution in [3.05, 3.63) is 24.3 Å². The van der Waals surface area contributed by atoms with Crippen molar-refractivity contribution in [2.24, 2.45) is 5.92 Å². The van der Waals surface area contributed by atoms with Crippen molar-refractivity contribution in [2.45, 2.75) is 26.3 Å². The van der Waals surface area contributed by atoms with Crippen molar-refractivity contribution >= 4 is 11.4 Å². The van der Waals surface area contributed by atoms with E-state index in [4.69, 9.17) is 5.26 Å². The van der Waals surface area contributed by atoms with E-state index in [1.165, 1.54) is 0 Å². The third-order valence-corrected chi connectivity index (χ3v) is 2.59. The molecule has 1 aromatic carbocycles. The molecule has 1 rings (SSSR count). The van der Waals surface area contributed by atoms with Gasteiger partial charge in [0.15, 0.2) is 0 Å². The summed E-state index contributed by atoms with van der Waals surface area (Å²) in [6.45, 7) is 4.25. The molecule has 3 nitrogen and oxygen atoms in total. The lowest BCUT2D eigenvalue weighted by Crippen LogP contribution is -2.19. The van der Waals surface area contributed by atoms with Gasteiger partial charge in [0.05, 0.1) is 6.07 Å². The van der Waals surface area contributed by atoms with Gasteiger partial charge in [-0.05, 0) is 36.6 Å². The van der Waals surface area contributed by atoms with E-state index in [1.54, 1.807) is 0 Å². The third kappa shape index (κ3) is 4.36. The Labute approximate surface area is 104 Å². The molecule has 0 radical (unpaired) electrons. The maximum absolute atomic E-state index is 9.06. The molecule has 3 heteroatoms. The standard InChI is InChI=1S/C14H21N3/c1-11(2)9-13(10-15)16-12-5-7-14(8-6-12)17(3)4/h5-8,11,13,16H,9H2,1-4H3. The molecular weight excluding hydrogens is 210 g/mol. The summed E-state index contributed by atoms with van der Waals surface area (Å²) in [6.07, 6.45) is 0.867. The zero-order valence-corrected chi connectivity index (χ0v) is 11.1. The van der Waals surface area contributed by atoms with Crippen LogP contribution in [0.5, 0.6) is 0 Å². The Balaban J connectivity index is 2.65. The second-order valence-corrected chi connectivity index (χ2v) is 4.90. The summed E-state index contributed by atoms with van der Waals surface area (Å²) < 4.78 is 0. The molecule has 0 fully saturated rings. The second-order valence-electron chi connectivity index (χ2n) is 4.90. The van der Waals surface area contributed by atoms with Crippen molar-refractivity contribution in [3.8, 4) is 6.07 Å². The highest BCUT2D eigenvalue weighted by atomic mass is 15.1. The lowest BCUT2D eigenvalue weighted by Gasteiger charge is -2.16. The molecule has 0 spiro atoms. The Morgan fingerprint density at radius 1 is 1.24 bits per heavy atom. The minimum absolute atomic E-state index is 0.111. The number of hydrogen-bond acceptors (Lipinski definition) is 3. The summed E-state index contributed by atoms with van der Waals surface area (Å²) in [7, 11) is 4.03. The predicted molar refractivity (Wildman–Crippen MR) is 73.2 cm³/mol. The van der Waals surface area contributed by atoms with E-state index in [1.807, 2.05) is 38.4 Å². The predicted octanol–water partition coefficient (Wildman–Crippen LogP) is 3.10. The summed E-state index contributed by atoms with van der Waals surface area (Å²) in [6, 6.07) is 10.3. The molecule has 0 aliphatic rings. The molecule has 1 N–H and O–H groups in total. The maximum atomic E-state index is 9.06. The van der Waals surface area contributed by atoms with Crippen LogP contribution in [0, 0.1) is 17.2 Å². The average Bonchev–Trinajstić information content (AvgIpc) is 2.28. The molecule has 0 aliphatic heterocycles. The maximum Gasteiger partial charge on any atom is 0.114 e. The Hall–Kier alpha value is -1.69. The van der Waals surface area contributed by atoms with Crippen LogP contribution in [-0.4, -0.2) is 20.1 Å². The van der Waals surface area contributed by atoms with Gasteiger partial charge in [-0.2, -0.15) is 5.26 Å². The first-order valence-corrected chi connectivity index (χ1v) is 5.96. The molecule has 0 bridgehead atoms. The molecule has 17 heavy (non-hydrogen) atoms. The summed E-state index contributed by atoms with van der Waals surface area (Å²) in [4.78, 5) is 2.06. The van der Waals surface area contributed by atoms with Crippen LogP contribution in [0.4, 0.5) is 11.4 Å². The number of rotatable bonds is 5. The highest BCUT2D eigenvalue weighted by molar-refractivity contribution is 5.55. The van der Waals surface area contributed by atoms with Crippen LogP contribution in [0.25, 0.3) is 0 Å². The fourth-order valence-electron chi connectivity index (χ4n) is 1.67. The van der Waals surface area contributed by atoms with Gasteiger partial charge in [0, 0.05) is 25.5 Å². The average molecular weight is 231 g/mol. The first-order valence-electron chi connectivity index (χ1n) is 5.96. The van der Waals surface area contributed by atoms with Gasteiger partial charge in [-0.15, -0.1) is 0 Å². The smallest absolute Gasteiger partial charge is 0.114 e. The summed E-state index contributed by atoms with van der Waals surface area (Å²) in [5.41, 5.74) is 2.16. The van der Waals surface area contributed by atoms with E-state index in [0.717, 1.165) is 17.8 Å². The van der Waals surface area contributed by atoms with Crippen LogP contribution >= 0.6 is 0 Å². The number of nitrogens with zero attached hydrogens (tertiary/aromatic N) is 2. The van der Waals surface area contributed by atoms with Gasteiger partial charge < -0.3 is 10.2 Å². The largest absolute Gasteiger partial charge is 0.378 e. The van der Waals surface area contributed by atoms with Crippen LogP contribution in [-0.2, 0) is 0 Å². The van der Waals surface area contributed by atoms with Gasteiger partial charge in [0.2, 0.25) is 0 Å². The minimum atomic E-state index is -0.111. The van der Waals surface area contributed by atoms with Gasteiger partial charge in [-0.1, -0.05) is 13.8 Å². The molecule has 1 aromatic rings. The van der Waals surface area contributed by atoms with E-state index >= 15 is 0 Å². The van der Waals surface area contributed by atoms with Gasteiger partial charge in [-0.3, -0.25) is 0 Å². The van der Waals surface area contributed by atoms with Crippen molar-refractivity contribution < 1.29 is 0 Å². The van der Waals surface area contributed by atoms with Gasteiger partial charge in [-0.25, -0.2) is 0 Å². The van der Waals surface area contributed by atoms with E-state index < -0.39 is 0 Å². The molecule has 0 aromatic heterocycles. The summed E-state index contributed by atoms with van der Waals surface area (Å²) >= 11 is 0. The topological polar surface area (TPSA) is 39.1 Å². The zero-order chi connectivity index (χ0) is 12.8. The third-order valence-electron chi connectivity index (χ3n) is 2.59. The van der Waals surface area contributed by atoms with Crippen LogP contribution in [0.15, 0.2) is 24.3 Å². The number of hydrogen-bond donors (Lipinski definition) is 1. The fourth-order valence-corrected chi connectivity index (χ4v) is 1.67. The highest BCUT2D eigenvalue weighted by Gasteiger charge is 2.09. The Kier molecular flexibility index (Phi) is 4.84. The van der Waals surface area contributed by atoms with Crippen LogP contribution in [0.1, 0.15) is 20.3 Å². The molecule has 1 unspecified atom stereocenters. The number of nitrogens with one attached hydrogen (secondary N) is 1. The van der Waals surface area contributed by atoms with E-state index in [0.29, 0.717) is 5.92 Å². The van der Waals surface area contributed by atoms with E-state index in [-0.39, 0.29) is 6.04 Å². The van der Waals surface area contributed by atoms with Crippen molar-refractivity contribution in [1.82, 2.24) is 0 Å². The molecule has 92 valence electrons. The molecule has 0 aliphatic carbocycles. The fraction of sp³-hybridized carbons (Fsp3) is 0.500. The molecule has 0 saturated carbocycles. The van der Waals surface area contributed by atoms with Crippen molar-refractivity contribution in [2.75, 3.05) is 24.3 Å². The number of anilines is 2. The van der Waals surface area contributed by atoms with Crippen molar-refractivity contribution in [1.29, 1.82) is 5.26 Å². The molecule has 0 amide bonds. The minimum Gasteiger partial charge on any atom is -0.378 e. The first kappa shape index (κ1) is 13.4. The van der Waals surface area contributed by atoms with Gasteiger partial charge in [0.1, 0.15) is 6.04 Å². The monoisotopic (exact) mass is 231 g/mol. The quantitative estimate of drug-likeness (QED) is 0.846.